The van der Waals surface area contributed by atoms with Crippen LogP contribution >= 0.6 is 0 Å². The Kier molecular flexibility index (Phi) is 3.44. The first-order valence-electron chi connectivity index (χ1n) is 8.77. The van der Waals surface area contributed by atoms with Crippen molar-refractivity contribution in [3.05, 3.63) is 0 Å². The smallest absolute Gasteiger partial charge is 0.226 e. The number of carbonyl (C=O) groups is 2. The third kappa shape index (κ3) is 2.53. The van der Waals surface area contributed by atoms with E-state index in [0.717, 1.165) is 58.5 Å². The zero-order valence-electron chi connectivity index (χ0n) is 13.4. The molecule has 5 nitrogen and oxygen atoms in total. The van der Waals surface area contributed by atoms with Crippen LogP contribution in [0.15, 0.2) is 0 Å². The number of amides is 2. The van der Waals surface area contributed by atoms with Gasteiger partial charge in [0.1, 0.15) is 5.60 Å². The third-order valence-corrected chi connectivity index (χ3v) is 5.98. The Labute approximate surface area is 132 Å². The Balaban J connectivity index is 1.23. The second-order valence-corrected chi connectivity index (χ2v) is 7.86. The van der Waals surface area contributed by atoms with Crippen molar-refractivity contribution in [1.82, 2.24) is 9.80 Å². The molecule has 0 aromatic carbocycles. The molecule has 4 rings (SSSR count). The van der Waals surface area contributed by atoms with Gasteiger partial charge in [0.15, 0.2) is 0 Å². The molecule has 0 bridgehead atoms. The Morgan fingerprint density at radius 1 is 1.41 bits per heavy atom. The lowest BCUT2D eigenvalue weighted by atomic mass is 9.82. The first-order chi connectivity index (χ1) is 10.6. The molecule has 0 radical (unpaired) electrons. The van der Waals surface area contributed by atoms with Crippen molar-refractivity contribution < 1.29 is 14.3 Å². The maximum atomic E-state index is 12.2. The first-order valence-corrected chi connectivity index (χ1v) is 8.77. The highest BCUT2D eigenvalue weighted by Gasteiger charge is 2.52. The zero-order valence-corrected chi connectivity index (χ0v) is 13.4. The summed E-state index contributed by atoms with van der Waals surface area (Å²) in [6.07, 6.45) is 4.94. The Morgan fingerprint density at radius 3 is 2.73 bits per heavy atom. The van der Waals surface area contributed by atoms with Crippen LogP contribution in [0.4, 0.5) is 0 Å². The number of ether oxygens (including phenoxy) is 1. The van der Waals surface area contributed by atoms with Crippen LogP contribution in [-0.4, -0.2) is 60.0 Å². The van der Waals surface area contributed by atoms with Crippen molar-refractivity contribution in [2.24, 2.45) is 17.8 Å². The van der Waals surface area contributed by atoms with E-state index in [4.69, 9.17) is 4.74 Å². The lowest BCUT2D eigenvalue weighted by Crippen LogP contribution is -2.66. The number of likely N-dealkylation sites (tertiary alicyclic amines) is 2. The summed E-state index contributed by atoms with van der Waals surface area (Å²) >= 11 is 0. The fourth-order valence-electron chi connectivity index (χ4n) is 4.23. The molecule has 1 aliphatic carbocycles. The minimum atomic E-state index is -0.0701. The largest absolute Gasteiger partial charge is 0.371 e. The van der Waals surface area contributed by atoms with Crippen molar-refractivity contribution in [2.75, 3.05) is 32.8 Å². The van der Waals surface area contributed by atoms with Gasteiger partial charge in [-0.2, -0.15) is 0 Å². The van der Waals surface area contributed by atoms with Gasteiger partial charge in [-0.3, -0.25) is 9.59 Å². The zero-order chi connectivity index (χ0) is 15.3. The van der Waals surface area contributed by atoms with Crippen molar-refractivity contribution in [1.29, 1.82) is 0 Å². The molecule has 4 fully saturated rings. The van der Waals surface area contributed by atoms with Crippen molar-refractivity contribution in [3.8, 4) is 0 Å². The van der Waals surface area contributed by atoms with E-state index in [1.54, 1.807) is 0 Å². The van der Waals surface area contributed by atoms with Gasteiger partial charge in [0.05, 0.1) is 19.7 Å². The van der Waals surface area contributed by atoms with E-state index in [0.29, 0.717) is 30.1 Å². The summed E-state index contributed by atoms with van der Waals surface area (Å²) in [6, 6.07) is 0. The second kappa shape index (κ2) is 5.22. The average Bonchev–Trinajstić information content (AvgIpc) is 3.08. The fraction of sp³-hybridized carbons (Fsp3) is 0.882. The number of nitrogens with zero attached hydrogens (tertiary/aromatic N) is 2. The van der Waals surface area contributed by atoms with Crippen molar-refractivity contribution in [2.45, 2.75) is 44.6 Å². The fourth-order valence-corrected chi connectivity index (χ4v) is 4.23. The maximum Gasteiger partial charge on any atom is 0.226 e. The minimum Gasteiger partial charge on any atom is -0.371 e. The quantitative estimate of drug-likeness (QED) is 0.789. The molecule has 122 valence electrons. The molecule has 4 aliphatic rings. The van der Waals surface area contributed by atoms with Gasteiger partial charge in [-0.05, 0) is 31.6 Å². The molecule has 0 aromatic heterocycles. The molecule has 0 unspecified atom stereocenters. The van der Waals surface area contributed by atoms with Gasteiger partial charge in [0.2, 0.25) is 11.8 Å². The highest BCUT2D eigenvalue weighted by molar-refractivity contribution is 5.82. The van der Waals surface area contributed by atoms with Gasteiger partial charge in [0.25, 0.3) is 0 Å². The Morgan fingerprint density at radius 2 is 2.18 bits per heavy atom. The average molecular weight is 306 g/mol. The van der Waals surface area contributed by atoms with Gasteiger partial charge in [-0.1, -0.05) is 6.92 Å². The molecular formula is C17H26N2O3. The molecule has 5 heteroatoms. The van der Waals surface area contributed by atoms with E-state index in [9.17, 15) is 9.59 Å². The molecule has 3 atom stereocenters. The summed E-state index contributed by atoms with van der Waals surface area (Å²) in [5.74, 6) is 1.99. The standard InChI is InChI=1S/C17H26N2O3/c1-12-7-14(12)16(21)19-10-17(11-19)5-4-13(9-22-17)8-18-6-2-3-15(18)20/h12-14H,2-11H2,1H3/t12-,13-,14-/m1/s1. The molecular weight excluding hydrogens is 280 g/mol. The predicted molar refractivity (Wildman–Crippen MR) is 81.1 cm³/mol. The van der Waals surface area contributed by atoms with Crippen LogP contribution in [0.25, 0.3) is 0 Å². The molecule has 2 amide bonds. The second-order valence-electron chi connectivity index (χ2n) is 7.86. The van der Waals surface area contributed by atoms with Gasteiger partial charge in [-0.25, -0.2) is 0 Å². The molecule has 22 heavy (non-hydrogen) atoms. The van der Waals surface area contributed by atoms with Crippen LogP contribution in [0.5, 0.6) is 0 Å². The normalized spacial score (nSPS) is 36.6. The van der Waals surface area contributed by atoms with Crippen molar-refractivity contribution in [3.63, 3.8) is 0 Å². The van der Waals surface area contributed by atoms with E-state index in [1.165, 1.54) is 0 Å². The first kappa shape index (κ1) is 14.5. The van der Waals surface area contributed by atoms with E-state index in [1.807, 2.05) is 9.80 Å². The number of hydrogen-bond acceptors (Lipinski definition) is 3. The lowest BCUT2D eigenvalue weighted by Gasteiger charge is -2.53. The van der Waals surface area contributed by atoms with Crippen molar-refractivity contribution >= 4 is 11.8 Å². The number of hydrogen-bond donors (Lipinski definition) is 0. The van der Waals surface area contributed by atoms with Gasteiger partial charge >= 0.3 is 0 Å². The Bertz CT molecular complexity index is 476. The summed E-state index contributed by atoms with van der Waals surface area (Å²) in [6.45, 7) is 6.24. The summed E-state index contributed by atoms with van der Waals surface area (Å²) in [4.78, 5) is 27.9. The summed E-state index contributed by atoms with van der Waals surface area (Å²) in [5, 5.41) is 0. The number of rotatable bonds is 3. The van der Waals surface area contributed by atoms with Crippen LogP contribution < -0.4 is 0 Å². The van der Waals surface area contributed by atoms with Crippen LogP contribution in [0.2, 0.25) is 0 Å². The van der Waals surface area contributed by atoms with E-state index in [-0.39, 0.29) is 11.5 Å². The van der Waals surface area contributed by atoms with Crippen LogP contribution in [-0.2, 0) is 14.3 Å². The molecule has 3 heterocycles. The molecule has 3 aliphatic heterocycles. The topological polar surface area (TPSA) is 49.9 Å². The molecule has 1 spiro atoms. The molecule has 0 N–H and O–H groups in total. The van der Waals surface area contributed by atoms with E-state index in [2.05, 4.69) is 6.92 Å². The van der Waals surface area contributed by atoms with Gasteiger partial charge in [0, 0.05) is 31.3 Å². The summed E-state index contributed by atoms with van der Waals surface area (Å²) < 4.78 is 6.14. The van der Waals surface area contributed by atoms with E-state index < -0.39 is 0 Å². The van der Waals surface area contributed by atoms with Crippen LogP contribution in [0, 0.1) is 17.8 Å². The minimum absolute atomic E-state index is 0.0701. The monoisotopic (exact) mass is 306 g/mol. The number of carbonyl (C=O) groups excluding carboxylic acids is 2. The third-order valence-electron chi connectivity index (χ3n) is 5.98. The summed E-state index contributed by atoms with van der Waals surface area (Å²) in [5.41, 5.74) is -0.0701. The SMILES string of the molecule is C[C@@H]1C[C@H]1C(=O)N1CC2(CC[C@H](CN3CCCC3=O)CO2)C1. The lowest BCUT2D eigenvalue weighted by molar-refractivity contribution is -0.190. The maximum absolute atomic E-state index is 12.2. The predicted octanol–water partition coefficient (Wildman–Crippen LogP) is 1.27. The van der Waals surface area contributed by atoms with E-state index >= 15 is 0 Å². The van der Waals surface area contributed by atoms with Gasteiger partial charge < -0.3 is 14.5 Å². The molecule has 0 aromatic rings. The van der Waals surface area contributed by atoms with Gasteiger partial charge in [-0.15, -0.1) is 0 Å². The molecule has 3 saturated heterocycles. The highest BCUT2D eigenvalue weighted by Crippen LogP contribution is 2.43. The molecule has 1 saturated carbocycles. The highest BCUT2D eigenvalue weighted by atomic mass is 16.5. The van der Waals surface area contributed by atoms with Crippen LogP contribution in [0.1, 0.15) is 39.0 Å². The van der Waals surface area contributed by atoms with Crippen LogP contribution in [0.3, 0.4) is 0 Å². The summed E-state index contributed by atoms with van der Waals surface area (Å²) in [7, 11) is 0. The Hall–Kier alpha value is -1.10.